The summed E-state index contributed by atoms with van der Waals surface area (Å²) < 4.78 is 19.5. The van der Waals surface area contributed by atoms with Crippen LogP contribution in [-0.4, -0.2) is 29.0 Å². The topological polar surface area (TPSA) is 71.3 Å². The number of benzene rings is 1. The maximum Gasteiger partial charge on any atom is 0.231 e. The first-order valence-corrected chi connectivity index (χ1v) is 9.05. The first kappa shape index (κ1) is 17.5. The van der Waals surface area contributed by atoms with Gasteiger partial charge in [-0.1, -0.05) is 12.1 Å². The van der Waals surface area contributed by atoms with Crippen molar-refractivity contribution in [3.8, 4) is 0 Å². The minimum atomic E-state index is -0.430. The van der Waals surface area contributed by atoms with Crippen LogP contribution in [0.4, 0.5) is 15.9 Å². The van der Waals surface area contributed by atoms with E-state index in [2.05, 4.69) is 20.2 Å². The SMILES string of the molecule is Cc1oc2ncnc(N3CCC[C@H](C(=O)Nc4ccccc4F)C3)c2c1C. The molecule has 0 radical (unpaired) electrons. The molecule has 1 aliphatic heterocycles. The zero-order valence-corrected chi connectivity index (χ0v) is 15.3. The summed E-state index contributed by atoms with van der Waals surface area (Å²) in [6.07, 6.45) is 3.11. The molecule has 0 bridgehead atoms. The van der Waals surface area contributed by atoms with E-state index in [0.717, 1.165) is 41.9 Å². The molecule has 27 heavy (non-hydrogen) atoms. The van der Waals surface area contributed by atoms with Crippen molar-refractivity contribution >= 4 is 28.5 Å². The van der Waals surface area contributed by atoms with Gasteiger partial charge < -0.3 is 14.6 Å². The van der Waals surface area contributed by atoms with Crippen molar-refractivity contribution in [3.05, 3.63) is 47.7 Å². The van der Waals surface area contributed by atoms with Gasteiger partial charge in [0.1, 0.15) is 23.7 Å². The summed E-state index contributed by atoms with van der Waals surface area (Å²) in [5.74, 6) is 0.766. The van der Waals surface area contributed by atoms with Gasteiger partial charge in [0, 0.05) is 18.7 Å². The second-order valence-electron chi connectivity index (χ2n) is 6.91. The molecule has 1 N–H and O–H groups in total. The molecule has 1 amide bonds. The predicted molar refractivity (Wildman–Crippen MR) is 101 cm³/mol. The molecule has 3 heterocycles. The van der Waals surface area contributed by atoms with E-state index in [0.29, 0.717) is 12.3 Å². The fourth-order valence-corrected chi connectivity index (χ4v) is 3.58. The van der Waals surface area contributed by atoms with Crippen LogP contribution in [-0.2, 0) is 4.79 Å². The minimum Gasteiger partial charge on any atom is -0.443 e. The minimum absolute atomic E-state index is 0.171. The normalized spacial score (nSPS) is 17.3. The molecule has 6 nitrogen and oxygen atoms in total. The largest absolute Gasteiger partial charge is 0.443 e. The third-order valence-electron chi connectivity index (χ3n) is 5.17. The molecule has 140 valence electrons. The quantitative estimate of drug-likeness (QED) is 0.761. The Hall–Kier alpha value is -2.96. The lowest BCUT2D eigenvalue weighted by molar-refractivity contribution is -0.120. The second kappa shape index (κ2) is 6.98. The highest BCUT2D eigenvalue weighted by Gasteiger charge is 2.29. The standard InChI is InChI=1S/C20H21FN4O2/c1-12-13(2)27-20-17(12)18(22-11-23-20)25-9-5-6-14(10-25)19(26)24-16-8-4-3-7-15(16)21/h3-4,7-8,11,14H,5-6,9-10H2,1-2H3,(H,24,26)/t14-/m0/s1. The zero-order chi connectivity index (χ0) is 19.0. The number of amides is 1. The summed E-state index contributed by atoms with van der Waals surface area (Å²) >= 11 is 0. The van der Waals surface area contributed by atoms with Crippen LogP contribution in [0.1, 0.15) is 24.2 Å². The molecular formula is C20H21FN4O2. The van der Waals surface area contributed by atoms with Gasteiger partial charge in [-0.2, -0.15) is 0 Å². The van der Waals surface area contributed by atoms with Crippen LogP contribution in [0.15, 0.2) is 35.0 Å². The molecule has 3 aromatic rings. The summed E-state index contributed by atoms with van der Waals surface area (Å²) in [5, 5.41) is 3.61. The van der Waals surface area contributed by atoms with Crippen molar-refractivity contribution in [2.75, 3.05) is 23.3 Å². The Morgan fingerprint density at radius 1 is 1.30 bits per heavy atom. The van der Waals surface area contributed by atoms with E-state index < -0.39 is 5.82 Å². The summed E-state index contributed by atoms with van der Waals surface area (Å²) in [7, 11) is 0. The number of carbonyl (C=O) groups is 1. The van der Waals surface area contributed by atoms with E-state index in [1.54, 1.807) is 18.2 Å². The Bertz CT molecular complexity index is 1000. The molecule has 0 spiro atoms. The number of anilines is 2. The molecule has 0 saturated carbocycles. The number of piperidine rings is 1. The van der Waals surface area contributed by atoms with Gasteiger partial charge in [-0.3, -0.25) is 4.79 Å². The third-order valence-corrected chi connectivity index (χ3v) is 5.17. The van der Waals surface area contributed by atoms with Crippen molar-refractivity contribution in [1.29, 1.82) is 0 Å². The Labute approximate surface area is 156 Å². The maximum absolute atomic E-state index is 13.8. The number of aryl methyl sites for hydroxylation is 2. The average Bonchev–Trinajstić information content (AvgIpc) is 2.98. The Balaban J connectivity index is 1.57. The number of nitrogens with one attached hydrogen (secondary N) is 1. The van der Waals surface area contributed by atoms with Gasteiger partial charge in [0.2, 0.25) is 11.6 Å². The lowest BCUT2D eigenvalue weighted by Crippen LogP contribution is -2.41. The number of para-hydroxylation sites is 1. The number of hydrogen-bond donors (Lipinski definition) is 1. The smallest absolute Gasteiger partial charge is 0.231 e. The highest BCUT2D eigenvalue weighted by molar-refractivity contribution is 5.94. The van der Waals surface area contributed by atoms with Crippen molar-refractivity contribution in [3.63, 3.8) is 0 Å². The molecule has 2 aromatic heterocycles. The molecule has 1 aromatic carbocycles. The van der Waals surface area contributed by atoms with Gasteiger partial charge in [0.15, 0.2) is 0 Å². The van der Waals surface area contributed by atoms with Gasteiger partial charge in [-0.25, -0.2) is 14.4 Å². The summed E-state index contributed by atoms with van der Waals surface area (Å²) in [5.41, 5.74) is 1.79. The van der Waals surface area contributed by atoms with E-state index in [1.807, 2.05) is 13.8 Å². The molecular weight excluding hydrogens is 347 g/mol. The Morgan fingerprint density at radius 2 is 2.11 bits per heavy atom. The highest BCUT2D eigenvalue weighted by atomic mass is 19.1. The van der Waals surface area contributed by atoms with E-state index in [9.17, 15) is 9.18 Å². The molecule has 7 heteroatoms. The van der Waals surface area contributed by atoms with Crippen LogP contribution in [0.2, 0.25) is 0 Å². The number of fused-ring (bicyclic) bond motifs is 1. The third kappa shape index (κ3) is 3.25. The summed E-state index contributed by atoms with van der Waals surface area (Å²) in [4.78, 5) is 23.4. The van der Waals surface area contributed by atoms with E-state index in [4.69, 9.17) is 4.42 Å². The van der Waals surface area contributed by atoms with Crippen molar-refractivity contribution in [2.45, 2.75) is 26.7 Å². The van der Waals surface area contributed by atoms with Gasteiger partial charge in [-0.15, -0.1) is 0 Å². The van der Waals surface area contributed by atoms with E-state index in [-0.39, 0.29) is 17.5 Å². The fourth-order valence-electron chi connectivity index (χ4n) is 3.58. The lowest BCUT2D eigenvalue weighted by Gasteiger charge is -2.33. The maximum atomic E-state index is 13.8. The van der Waals surface area contributed by atoms with Crippen LogP contribution >= 0.6 is 0 Å². The monoisotopic (exact) mass is 368 g/mol. The van der Waals surface area contributed by atoms with Crippen molar-refractivity contribution < 1.29 is 13.6 Å². The van der Waals surface area contributed by atoms with Crippen LogP contribution < -0.4 is 10.2 Å². The molecule has 4 rings (SSSR count). The summed E-state index contributed by atoms with van der Waals surface area (Å²) in [6, 6.07) is 6.21. The van der Waals surface area contributed by atoms with Crippen LogP contribution in [0.3, 0.4) is 0 Å². The number of hydrogen-bond acceptors (Lipinski definition) is 5. The van der Waals surface area contributed by atoms with Crippen molar-refractivity contribution in [2.24, 2.45) is 5.92 Å². The predicted octanol–water partition coefficient (Wildman–Crippen LogP) is 3.83. The summed E-state index contributed by atoms with van der Waals surface area (Å²) in [6.45, 7) is 5.22. The lowest BCUT2D eigenvalue weighted by atomic mass is 9.96. The second-order valence-corrected chi connectivity index (χ2v) is 6.91. The molecule has 0 aliphatic carbocycles. The molecule has 1 fully saturated rings. The number of nitrogens with zero attached hydrogens (tertiary/aromatic N) is 3. The van der Waals surface area contributed by atoms with Crippen molar-refractivity contribution in [1.82, 2.24) is 9.97 Å². The van der Waals surface area contributed by atoms with E-state index in [1.165, 1.54) is 12.4 Å². The number of carbonyl (C=O) groups excluding carboxylic acids is 1. The van der Waals surface area contributed by atoms with Crippen LogP contribution in [0, 0.1) is 25.6 Å². The zero-order valence-electron chi connectivity index (χ0n) is 15.3. The van der Waals surface area contributed by atoms with Gasteiger partial charge in [0.25, 0.3) is 0 Å². The average molecular weight is 368 g/mol. The molecule has 0 unspecified atom stereocenters. The van der Waals surface area contributed by atoms with E-state index >= 15 is 0 Å². The Kier molecular flexibility index (Phi) is 4.51. The fraction of sp³-hybridized carbons (Fsp3) is 0.350. The van der Waals surface area contributed by atoms with Crippen LogP contribution in [0.25, 0.3) is 11.1 Å². The van der Waals surface area contributed by atoms with Gasteiger partial charge in [0.05, 0.1) is 17.0 Å². The molecule has 1 saturated heterocycles. The number of halogens is 1. The molecule has 1 aliphatic rings. The number of aromatic nitrogens is 2. The van der Waals surface area contributed by atoms with Crippen LogP contribution in [0.5, 0.6) is 0 Å². The first-order chi connectivity index (χ1) is 13.0. The number of furan rings is 1. The first-order valence-electron chi connectivity index (χ1n) is 9.05. The highest BCUT2D eigenvalue weighted by Crippen LogP contribution is 2.32. The van der Waals surface area contributed by atoms with Gasteiger partial charge in [-0.05, 0) is 38.8 Å². The number of rotatable bonds is 3. The van der Waals surface area contributed by atoms with Gasteiger partial charge >= 0.3 is 0 Å². The Morgan fingerprint density at radius 3 is 2.93 bits per heavy atom. The molecule has 1 atom stereocenters.